The van der Waals surface area contributed by atoms with Gasteiger partial charge in [0.25, 0.3) is 5.91 Å². The third-order valence-corrected chi connectivity index (χ3v) is 2.94. The Hall–Kier alpha value is -1.34. The molecule has 3 nitrogen and oxygen atoms in total. The van der Waals surface area contributed by atoms with Crippen molar-refractivity contribution in [2.75, 3.05) is 6.54 Å². The van der Waals surface area contributed by atoms with E-state index in [1.54, 1.807) is 18.3 Å². The molecule has 80 valence electrons. The molecule has 0 fully saturated rings. The number of aryl methyl sites for hydroxylation is 2. The summed E-state index contributed by atoms with van der Waals surface area (Å²) < 4.78 is 0. The molecule has 0 atom stereocenters. The Labute approximate surface area is 93.9 Å². The molecule has 0 aliphatic carbocycles. The molecule has 0 radical (unpaired) electrons. The normalized spacial score (nSPS) is 9.20. The van der Waals surface area contributed by atoms with Crippen LogP contribution in [0.3, 0.4) is 0 Å². The van der Waals surface area contributed by atoms with Gasteiger partial charge in [-0.25, -0.2) is 4.98 Å². The second-order valence-electron chi connectivity index (χ2n) is 3.10. The van der Waals surface area contributed by atoms with E-state index in [0.717, 1.165) is 18.5 Å². The maximum Gasteiger partial charge on any atom is 0.295 e. The smallest absolute Gasteiger partial charge is 0.295 e. The first kappa shape index (κ1) is 11.7. The SMILES string of the molecule is CC#CC(=O)NCCCc1scnc1C. The number of aromatic nitrogens is 1. The summed E-state index contributed by atoms with van der Waals surface area (Å²) in [4.78, 5) is 16.4. The molecule has 0 bridgehead atoms. The van der Waals surface area contributed by atoms with Crippen molar-refractivity contribution in [2.24, 2.45) is 0 Å². The van der Waals surface area contributed by atoms with Gasteiger partial charge in [-0.15, -0.1) is 11.3 Å². The van der Waals surface area contributed by atoms with Crippen LogP contribution in [0.15, 0.2) is 5.51 Å². The quantitative estimate of drug-likeness (QED) is 0.620. The lowest BCUT2D eigenvalue weighted by Crippen LogP contribution is -2.22. The Balaban J connectivity index is 2.19. The van der Waals surface area contributed by atoms with Gasteiger partial charge in [-0.2, -0.15) is 0 Å². The Morgan fingerprint density at radius 1 is 1.67 bits per heavy atom. The zero-order valence-corrected chi connectivity index (χ0v) is 9.78. The fourth-order valence-corrected chi connectivity index (χ4v) is 2.00. The van der Waals surface area contributed by atoms with E-state index in [1.807, 2.05) is 12.4 Å². The minimum Gasteiger partial charge on any atom is -0.345 e. The number of hydrogen-bond donors (Lipinski definition) is 1. The third-order valence-electron chi connectivity index (χ3n) is 1.95. The third kappa shape index (κ3) is 4.13. The standard InChI is InChI=1S/C11H14N2OS/c1-3-5-11(14)12-7-4-6-10-9(2)13-8-15-10/h8H,4,6-7H2,1-2H3,(H,12,14). The van der Waals surface area contributed by atoms with Crippen molar-refractivity contribution in [3.05, 3.63) is 16.1 Å². The maximum absolute atomic E-state index is 11.0. The molecule has 0 unspecified atom stereocenters. The van der Waals surface area contributed by atoms with Crippen LogP contribution in [0.25, 0.3) is 0 Å². The molecule has 1 heterocycles. The molecule has 4 heteroatoms. The molecule has 1 aromatic heterocycles. The lowest BCUT2D eigenvalue weighted by atomic mass is 10.2. The van der Waals surface area contributed by atoms with Gasteiger partial charge in [0.05, 0.1) is 11.2 Å². The second-order valence-corrected chi connectivity index (χ2v) is 4.03. The monoisotopic (exact) mass is 222 g/mol. The van der Waals surface area contributed by atoms with Gasteiger partial charge in [-0.1, -0.05) is 5.92 Å². The molecule has 1 rings (SSSR count). The molecule has 0 saturated carbocycles. The summed E-state index contributed by atoms with van der Waals surface area (Å²) >= 11 is 1.67. The molecule has 0 aliphatic heterocycles. The predicted octanol–water partition coefficient (Wildman–Crippen LogP) is 1.52. The van der Waals surface area contributed by atoms with Crippen molar-refractivity contribution < 1.29 is 4.79 Å². The van der Waals surface area contributed by atoms with Gasteiger partial charge in [-0.05, 0) is 32.6 Å². The van der Waals surface area contributed by atoms with Crippen molar-refractivity contribution in [1.82, 2.24) is 10.3 Å². The second kappa shape index (κ2) is 6.20. The van der Waals surface area contributed by atoms with Gasteiger partial charge < -0.3 is 5.32 Å². The van der Waals surface area contributed by atoms with Gasteiger partial charge in [0.1, 0.15) is 0 Å². The van der Waals surface area contributed by atoms with Crippen molar-refractivity contribution in [2.45, 2.75) is 26.7 Å². The van der Waals surface area contributed by atoms with Crippen LogP contribution in [0.5, 0.6) is 0 Å². The van der Waals surface area contributed by atoms with E-state index in [4.69, 9.17) is 0 Å². The zero-order chi connectivity index (χ0) is 11.1. The summed E-state index contributed by atoms with van der Waals surface area (Å²) in [6.07, 6.45) is 1.90. The van der Waals surface area contributed by atoms with Crippen LogP contribution in [0.1, 0.15) is 23.9 Å². The molecule has 0 spiro atoms. The molecule has 1 amide bonds. The van der Waals surface area contributed by atoms with Crippen LogP contribution in [-0.4, -0.2) is 17.4 Å². The van der Waals surface area contributed by atoms with Crippen molar-refractivity contribution in [3.8, 4) is 11.8 Å². The Bertz CT molecular complexity index is 387. The van der Waals surface area contributed by atoms with Crippen LogP contribution >= 0.6 is 11.3 Å². The van der Waals surface area contributed by atoms with Gasteiger partial charge in [0.15, 0.2) is 0 Å². The number of carbonyl (C=O) groups excluding carboxylic acids is 1. The van der Waals surface area contributed by atoms with E-state index in [-0.39, 0.29) is 5.91 Å². The van der Waals surface area contributed by atoms with Gasteiger partial charge >= 0.3 is 0 Å². The largest absolute Gasteiger partial charge is 0.345 e. The van der Waals surface area contributed by atoms with Gasteiger partial charge in [0.2, 0.25) is 0 Å². The summed E-state index contributed by atoms with van der Waals surface area (Å²) in [5.41, 5.74) is 2.95. The molecular weight excluding hydrogens is 208 g/mol. The number of thiazole rings is 1. The summed E-state index contributed by atoms with van der Waals surface area (Å²) in [5.74, 6) is 4.81. The average molecular weight is 222 g/mol. The van der Waals surface area contributed by atoms with Gasteiger partial charge in [0, 0.05) is 11.4 Å². The Kier molecular flexibility index (Phi) is 4.85. The molecular formula is C11H14N2OS. The van der Waals surface area contributed by atoms with Crippen LogP contribution in [-0.2, 0) is 11.2 Å². The van der Waals surface area contributed by atoms with E-state index in [1.165, 1.54) is 4.88 Å². The Morgan fingerprint density at radius 2 is 2.47 bits per heavy atom. The highest BCUT2D eigenvalue weighted by Crippen LogP contribution is 2.13. The summed E-state index contributed by atoms with van der Waals surface area (Å²) in [6, 6.07) is 0. The first-order valence-corrected chi connectivity index (χ1v) is 5.71. The number of carbonyl (C=O) groups is 1. The number of nitrogens with zero attached hydrogens (tertiary/aromatic N) is 1. The van der Waals surface area contributed by atoms with Crippen LogP contribution in [0, 0.1) is 18.8 Å². The van der Waals surface area contributed by atoms with E-state index < -0.39 is 0 Å². The van der Waals surface area contributed by atoms with Crippen LogP contribution in [0.2, 0.25) is 0 Å². The summed E-state index contributed by atoms with van der Waals surface area (Å²) in [5, 5.41) is 2.74. The molecule has 0 aromatic carbocycles. The van der Waals surface area contributed by atoms with E-state index in [2.05, 4.69) is 22.1 Å². The van der Waals surface area contributed by atoms with E-state index >= 15 is 0 Å². The number of nitrogens with one attached hydrogen (secondary N) is 1. The molecule has 1 aromatic rings. The fraction of sp³-hybridized carbons (Fsp3) is 0.455. The lowest BCUT2D eigenvalue weighted by molar-refractivity contribution is -0.115. The highest BCUT2D eigenvalue weighted by Gasteiger charge is 2.01. The lowest BCUT2D eigenvalue weighted by Gasteiger charge is -2.00. The minimum absolute atomic E-state index is 0.196. The summed E-state index contributed by atoms with van der Waals surface area (Å²) in [7, 11) is 0. The summed E-state index contributed by atoms with van der Waals surface area (Å²) in [6.45, 7) is 4.33. The first-order valence-electron chi connectivity index (χ1n) is 4.83. The average Bonchev–Trinajstić information content (AvgIpc) is 2.60. The molecule has 15 heavy (non-hydrogen) atoms. The highest BCUT2D eigenvalue weighted by molar-refractivity contribution is 7.09. The molecule has 0 aliphatic rings. The highest BCUT2D eigenvalue weighted by atomic mass is 32.1. The molecule has 1 N–H and O–H groups in total. The fourth-order valence-electron chi connectivity index (χ4n) is 1.17. The first-order chi connectivity index (χ1) is 7.24. The number of amides is 1. The minimum atomic E-state index is -0.196. The Morgan fingerprint density at radius 3 is 3.07 bits per heavy atom. The van der Waals surface area contributed by atoms with Crippen molar-refractivity contribution in [3.63, 3.8) is 0 Å². The van der Waals surface area contributed by atoms with Crippen molar-refractivity contribution in [1.29, 1.82) is 0 Å². The van der Waals surface area contributed by atoms with E-state index in [9.17, 15) is 4.79 Å². The van der Waals surface area contributed by atoms with E-state index in [0.29, 0.717) is 6.54 Å². The topological polar surface area (TPSA) is 42.0 Å². The van der Waals surface area contributed by atoms with Crippen LogP contribution in [0.4, 0.5) is 0 Å². The van der Waals surface area contributed by atoms with Crippen LogP contribution < -0.4 is 5.32 Å². The maximum atomic E-state index is 11.0. The van der Waals surface area contributed by atoms with Gasteiger partial charge in [-0.3, -0.25) is 4.79 Å². The molecule has 0 saturated heterocycles. The number of rotatable bonds is 4. The zero-order valence-electron chi connectivity index (χ0n) is 8.96. The number of hydrogen-bond acceptors (Lipinski definition) is 3. The predicted molar refractivity (Wildman–Crippen MR) is 61.6 cm³/mol. The van der Waals surface area contributed by atoms with Crippen molar-refractivity contribution >= 4 is 17.2 Å².